The lowest BCUT2D eigenvalue weighted by Gasteiger charge is -2.44. The first-order chi connectivity index (χ1) is 11.7. The molecule has 24 heavy (non-hydrogen) atoms. The second kappa shape index (κ2) is 6.14. The van der Waals surface area contributed by atoms with Crippen LogP contribution in [0.3, 0.4) is 0 Å². The van der Waals surface area contributed by atoms with Crippen molar-refractivity contribution in [3.05, 3.63) is 47.7 Å². The van der Waals surface area contributed by atoms with E-state index in [0.717, 1.165) is 25.2 Å². The van der Waals surface area contributed by atoms with Crippen LogP contribution in [0.2, 0.25) is 0 Å². The van der Waals surface area contributed by atoms with Crippen molar-refractivity contribution in [1.29, 1.82) is 5.26 Å². The van der Waals surface area contributed by atoms with Gasteiger partial charge in [-0.1, -0.05) is 0 Å². The van der Waals surface area contributed by atoms with Crippen LogP contribution in [0, 0.1) is 17.2 Å². The molecule has 0 saturated carbocycles. The van der Waals surface area contributed by atoms with Crippen LogP contribution < -0.4 is 5.32 Å². The van der Waals surface area contributed by atoms with Crippen LogP contribution in [0.25, 0.3) is 11.3 Å². The number of fused-ring (bicyclic) bond motifs is 3. The molecule has 1 atom stereocenters. The van der Waals surface area contributed by atoms with Crippen LogP contribution in [0.15, 0.2) is 40.8 Å². The van der Waals surface area contributed by atoms with Gasteiger partial charge in [0.1, 0.15) is 5.76 Å². The van der Waals surface area contributed by atoms with Gasteiger partial charge in [-0.25, -0.2) is 0 Å². The molecular formula is C19H19N3O2. The quantitative estimate of drug-likeness (QED) is 0.943. The highest BCUT2D eigenvalue weighted by Gasteiger charge is 2.35. The molecule has 4 heterocycles. The number of amides is 1. The van der Waals surface area contributed by atoms with Crippen LogP contribution in [0.1, 0.15) is 29.0 Å². The Balaban J connectivity index is 1.46. The van der Waals surface area contributed by atoms with Gasteiger partial charge in [0.2, 0.25) is 0 Å². The van der Waals surface area contributed by atoms with E-state index < -0.39 is 0 Å². The van der Waals surface area contributed by atoms with E-state index in [-0.39, 0.29) is 11.9 Å². The summed E-state index contributed by atoms with van der Waals surface area (Å²) in [5, 5.41) is 12.0. The van der Waals surface area contributed by atoms with Crippen LogP contribution in [-0.4, -0.2) is 36.5 Å². The first kappa shape index (κ1) is 15.0. The van der Waals surface area contributed by atoms with E-state index in [0.29, 0.717) is 23.0 Å². The molecule has 0 aliphatic carbocycles. The number of carbonyl (C=O) groups excluding carboxylic acids is 1. The summed E-state index contributed by atoms with van der Waals surface area (Å²) < 4.78 is 5.72. The first-order valence-corrected chi connectivity index (χ1v) is 8.36. The SMILES string of the molecule is N#Cc1ccc(-c2ccc(C(=O)N[C@H]3CN4CCC3CC4)o2)cc1. The lowest BCUT2D eigenvalue weighted by atomic mass is 9.84. The van der Waals surface area contributed by atoms with E-state index in [1.165, 1.54) is 12.8 Å². The smallest absolute Gasteiger partial charge is 0.287 e. The number of piperidine rings is 3. The van der Waals surface area contributed by atoms with Gasteiger partial charge >= 0.3 is 0 Å². The van der Waals surface area contributed by atoms with E-state index in [2.05, 4.69) is 16.3 Å². The molecule has 5 rings (SSSR count). The summed E-state index contributed by atoms with van der Waals surface area (Å²) in [6.07, 6.45) is 2.33. The van der Waals surface area contributed by atoms with Gasteiger partial charge in [0.05, 0.1) is 11.6 Å². The second-order valence-corrected chi connectivity index (χ2v) is 6.57. The largest absolute Gasteiger partial charge is 0.451 e. The van der Waals surface area contributed by atoms with Gasteiger partial charge in [0, 0.05) is 18.2 Å². The maximum atomic E-state index is 12.5. The van der Waals surface area contributed by atoms with Gasteiger partial charge in [-0.15, -0.1) is 0 Å². The van der Waals surface area contributed by atoms with Crippen molar-refractivity contribution >= 4 is 5.91 Å². The molecule has 2 aromatic rings. The fourth-order valence-corrected chi connectivity index (χ4v) is 3.69. The third-order valence-corrected chi connectivity index (χ3v) is 5.10. The Morgan fingerprint density at radius 3 is 2.54 bits per heavy atom. The summed E-state index contributed by atoms with van der Waals surface area (Å²) in [5.41, 5.74) is 1.46. The topological polar surface area (TPSA) is 69.3 Å². The standard InChI is InChI=1S/C19H19N3O2/c20-11-13-1-3-15(4-2-13)17-5-6-18(24-17)19(23)21-16-12-22-9-7-14(16)8-10-22/h1-6,14,16H,7-10,12H2,(H,21,23)/t16-/m0/s1. The minimum absolute atomic E-state index is 0.145. The molecule has 1 aromatic heterocycles. The van der Waals surface area contributed by atoms with Gasteiger partial charge in [-0.3, -0.25) is 4.79 Å². The highest BCUT2D eigenvalue weighted by Crippen LogP contribution is 2.28. The van der Waals surface area contributed by atoms with Crippen LogP contribution >= 0.6 is 0 Å². The fourth-order valence-electron chi connectivity index (χ4n) is 3.69. The number of nitrogens with zero attached hydrogens (tertiary/aromatic N) is 2. The number of benzene rings is 1. The number of hydrogen-bond acceptors (Lipinski definition) is 4. The molecule has 0 radical (unpaired) electrons. The molecule has 3 saturated heterocycles. The molecule has 122 valence electrons. The highest BCUT2D eigenvalue weighted by atomic mass is 16.3. The molecule has 1 N–H and O–H groups in total. The van der Waals surface area contributed by atoms with E-state index in [1.54, 1.807) is 24.3 Å². The minimum Gasteiger partial charge on any atom is -0.451 e. The normalized spacial score (nSPS) is 25.2. The Hall–Kier alpha value is -2.58. The van der Waals surface area contributed by atoms with Crippen molar-refractivity contribution in [2.75, 3.05) is 19.6 Å². The highest BCUT2D eigenvalue weighted by molar-refractivity contribution is 5.92. The number of nitrogens with one attached hydrogen (secondary N) is 1. The van der Waals surface area contributed by atoms with Gasteiger partial charge < -0.3 is 14.6 Å². The van der Waals surface area contributed by atoms with Crippen molar-refractivity contribution in [2.24, 2.45) is 5.92 Å². The Morgan fingerprint density at radius 2 is 1.92 bits per heavy atom. The van der Waals surface area contributed by atoms with Gasteiger partial charge in [-0.2, -0.15) is 5.26 Å². The van der Waals surface area contributed by atoms with Crippen LogP contribution in [-0.2, 0) is 0 Å². The van der Waals surface area contributed by atoms with Crippen molar-refractivity contribution in [3.63, 3.8) is 0 Å². The Bertz CT molecular complexity index is 780. The van der Waals surface area contributed by atoms with Crippen LogP contribution in [0.5, 0.6) is 0 Å². The van der Waals surface area contributed by atoms with Gasteiger partial charge in [0.25, 0.3) is 5.91 Å². The second-order valence-electron chi connectivity index (χ2n) is 6.57. The fraction of sp³-hybridized carbons (Fsp3) is 0.368. The van der Waals surface area contributed by atoms with Crippen molar-refractivity contribution in [3.8, 4) is 17.4 Å². The zero-order chi connectivity index (χ0) is 16.5. The number of furan rings is 1. The first-order valence-electron chi connectivity index (χ1n) is 8.36. The molecule has 1 amide bonds. The zero-order valence-corrected chi connectivity index (χ0v) is 13.4. The Labute approximate surface area is 140 Å². The monoisotopic (exact) mass is 321 g/mol. The summed E-state index contributed by atoms with van der Waals surface area (Å²) >= 11 is 0. The summed E-state index contributed by atoms with van der Waals surface area (Å²) in [4.78, 5) is 14.9. The molecular weight excluding hydrogens is 302 g/mol. The van der Waals surface area contributed by atoms with Gasteiger partial charge in [0.15, 0.2) is 5.76 Å². The lowest BCUT2D eigenvalue weighted by molar-refractivity contribution is 0.0606. The summed E-state index contributed by atoms with van der Waals surface area (Å²) in [5.74, 6) is 1.42. The van der Waals surface area contributed by atoms with Crippen molar-refractivity contribution < 1.29 is 9.21 Å². The van der Waals surface area contributed by atoms with E-state index in [1.807, 2.05) is 12.1 Å². The van der Waals surface area contributed by atoms with Crippen molar-refractivity contribution in [1.82, 2.24) is 10.2 Å². The predicted molar refractivity (Wildman–Crippen MR) is 89.3 cm³/mol. The van der Waals surface area contributed by atoms with Crippen molar-refractivity contribution in [2.45, 2.75) is 18.9 Å². The number of rotatable bonds is 3. The van der Waals surface area contributed by atoms with Gasteiger partial charge in [-0.05, 0) is 68.2 Å². The third-order valence-electron chi connectivity index (χ3n) is 5.10. The summed E-state index contributed by atoms with van der Waals surface area (Å²) in [7, 11) is 0. The average Bonchev–Trinajstić information content (AvgIpc) is 3.13. The Morgan fingerprint density at radius 1 is 1.17 bits per heavy atom. The van der Waals surface area contributed by atoms with E-state index in [9.17, 15) is 4.79 Å². The molecule has 5 heteroatoms. The molecule has 3 aliphatic heterocycles. The number of carbonyl (C=O) groups is 1. The van der Waals surface area contributed by atoms with E-state index in [4.69, 9.17) is 9.68 Å². The molecule has 1 aromatic carbocycles. The third kappa shape index (κ3) is 2.81. The molecule has 2 bridgehead atoms. The molecule has 5 nitrogen and oxygen atoms in total. The summed E-state index contributed by atoms with van der Waals surface area (Å²) in [6, 6.07) is 13.0. The molecule has 3 fully saturated rings. The molecule has 0 spiro atoms. The minimum atomic E-state index is -0.145. The molecule has 3 aliphatic rings. The number of hydrogen-bond donors (Lipinski definition) is 1. The van der Waals surface area contributed by atoms with E-state index >= 15 is 0 Å². The maximum Gasteiger partial charge on any atom is 0.287 e. The Kier molecular flexibility index (Phi) is 3.83. The lowest BCUT2D eigenvalue weighted by Crippen LogP contribution is -2.57. The van der Waals surface area contributed by atoms with Crippen LogP contribution in [0.4, 0.5) is 0 Å². The zero-order valence-electron chi connectivity index (χ0n) is 13.4. The maximum absolute atomic E-state index is 12.5. The molecule has 0 unspecified atom stereocenters. The summed E-state index contributed by atoms with van der Waals surface area (Å²) in [6.45, 7) is 3.25. The average molecular weight is 321 g/mol. The predicted octanol–water partition coefficient (Wildman–Crippen LogP) is 2.64. The number of nitriles is 1.